The molecule has 0 bridgehead atoms. The number of carbonyl (C=O) groups is 1. The second kappa shape index (κ2) is 15.3. The zero-order chi connectivity index (χ0) is 34.5. The van der Waals surface area contributed by atoms with Crippen LogP contribution < -0.4 is 16.4 Å². The molecule has 0 aliphatic carbocycles. The molecule has 4 N–H and O–H groups in total. The molecule has 260 valence electrons. The molecule has 3 aromatic rings. The molecule has 1 amide bonds. The van der Waals surface area contributed by atoms with E-state index < -0.39 is 18.3 Å². The van der Waals surface area contributed by atoms with Crippen LogP contribution in [0, 0.1) is 11.8 Å². The van der Waals surface area contributed by atoms with Crippen LogP contribution in [0.4, 0.5) is 18.9 Å². The Hall–Kier alpha value is -3.63. The summed E-state index contributed by atoms with van der Waals surface area (Å²) in [6.07, 6.45) is 1.22. The van der Waals surface area contributed by atoms with Crippen LogP contribution in [-0.2, 0) is 23.4 Å². The van der Waals surface area contributed by atoms with Crippen LogP contribution >= 0.6 is 0 Å². The highest BCUT2D eigenvalue weighted by molar-refractivity contribution is 5.83. The van der Waals surface area contributed by atoms with E-state index in [0.717, 1.165) is 74.2 Å². The van der Waals surface area contributed by atoms with Gasteiger partial charge in [-0.3, -0.25) is 14.7 Å². The van der Waals surface area contributed by atoms with Gasteiger partial charge in [-0.1, -0.05) is 12.0 Å². The Balaban J connectivity index is 1.14. The number of aromatic nitrogens is 2. The first-order chi connectivity index (χ1) is 22.7. The summed E-state index contributed by atoms with van der Waals surface area (Å²) in [6, 6.07) is 11.8. The standard InChI is InChI=1S/C36H49F3N8O/c1-35(2,40)33-10-8-29(23-43-33)41-15-5-6-31-21-27-20-26(7-9-32(27)47(31)25-36(37,38)39)22-42-28-11-18-46(19-12-28)34(48)24-45-16-13-30(14-17-45)44(3)4/h7-10,20-21,23,28,30,41-42H,11-19,22,24-25,40H2,1-4H3. The van der Waals surface area contributed by atoms with Crippen LogP contribution in [0.5, 0.6) is 0 Å². The van der Waals surface area contributed by atoms with E-state index in [4.69, 9.17) is 5.73 Å². The fraction of sp³-hybridized carbons (Fsp3) is 0.556. The second-order valence-corrected chi connectivity index (χ2v) is 13.9. The van der Waals surface area contributed by atoms with E-state index in [1.54, 1.807) is 18.3 Å². The summed E-state index contributed by atoms with van der Waals surface area (Å²) in [5.41, 5.74) is 8.83. The molecule has 48 heavy (non-hydrogen) atoms. The Morgan fingerprint density at radius 2 is 1.77 bits per heavy atom. The molecule has 2 aliphatic heterocycles. The molecule has 0 radical (unpaired) electrons. The molecule has 9 nitrogen and oxygen atoms in total. The zero-order valence-electron chi connectivity index (χ0n) is 28.5. The molecule has 12 heteroatoms. The number of nitrogens with two attached hydrogens (primary N) is 1. The van der Waals surface area contributed by atoms with Gasteiger partial charge in [0.15, 0.2) is 0 Å². The molecule has 0 unspecified atom stereocenters. The second-order valence-electron chi connectivity index (χ2n) is 13.9. The number of anilines is 1. The monoisotopic (exact) mass is 666 g/mol. The molecule has 1 aromatic carbocycles. The molecule has 0 atom stereocenters. The Bertz CT molecular complexity index is 1580. The Kier molecular flexibility index (Phi) is 11.4. The van der Waals surface area contributed by atoms with Crippen molar-refractivity contribution in [1.29, 1.82) is 0 Å². The predicted molar refractivity (Wildman–Crippen MR) is 184 cm³/mol. The smallest absolute Gasteiger partial charge is 0.373 e. The molecule has 2 aliphatic rings. The summed E-state index contributed by atoms with van der Waals surface area (Å²) in [5, 5.41) is 7.46. The summed E-state index contributed by atoms with van der Waals surface area (Å²) in [7, 11) is 4.24. The first-order valence-corrected chi connectivity index (χ1v) is 16.8. The van der Waals surface area contributed by atoms with Crippen molar-refractivity contribution in [2.45, 2.75) is 76.4 Å². The molecular formula is C36H49F3N8O. The van der Waals surface area contributed by atoms with E-state index in [1.165, 1.54) is 4.57 Å². The van der Waals surface area contributed by atoms with E-state index in [1.807, 2.05) is 43.0 Å². The number of likely N-dealkylation sites (tertiary alicyclic amines) is 2. The average Bonchev–Trinajstić information content (AvgIpc) is 3.37. The third kappa shape index (κ3) is 9.72. The van der Waals surface area contributed by atoms with E-state index in [0.29, 0.717) is 30.3 Å². The Morgan fingerprint density at radius 3 is 2.40 bits per heavy atom. The minimum atomic E-state index is -4.38. The Labute approximate surface area is 282 Å². The topological polar surface area (TPSA) is 94.7 Å². The number of amides is 1. The summed E-state index contributed by atoms with van der Waals surface area (Å²) < 4.78 is 41.9. The van der Waals surface area contributed by atoms with E-state index in [-0.39, 0.29) is 18.5 Å². The van der Waals surface area contributed by atoms with Crippen molar-refractivity contribution >= 4 is 22.5 Å². The van der Waals surface area contributed by atoms with Gasteiger partial charge in [0.2, 0.25) is 5.91 Å². The lowest BCUT2D eigenvalue weighted by atomic mass is 10.0. The number of fused-ring (bicyclic) bond motifs is 1. The van der Waals surface area contributed by atoms with Crippen LogP contribution in [0.1, 0.15) is 56.5 Å². The number of rotatable bonds is 10. The highest BCUT2D eigenvalue weighted by Gasteiger charge is 2.30. The summed E-state index contributed by atoms with van der Waals surface area (Å²) in [5.74, 6) is 6.11. The van der Waals surface area contributed by atoms with Crippen LogP contribution in [0.3, 0.4) is 0 Å². The lowest BCUT2D eigenvalue weighted by Gasteiger charge is -2.37. The minimum absolute atomic E-state index is 0.211. The molecule has 2 fully saturated rings. The van der Waals surface area contributed by atoms with Gasteiger partial charge >= 0.3 is 6.18 Å². The number of hydrogen-bond donors (Lipinski definition) is 3. The molecule has 0 spiro atoms. The number of nitrogens with one attached hydrogen (secondary N) is 2. The average molecular weight is 667 g/mol. The van der Waals surface area contributed by atoms with Crippen molar-refractivity contribution in [2.75, 3.05) is 58.7 Å². The lowest BCUT2D eigenvalue weighted by molar-refractivity contribution is -0.140. The maximum Gasteiger partial charge on any atom is 0.406 e. The van der Waals surface area contributed by atoms with Gasteiger partial charge in [0.05, 0.1) is 41.9 Å². The van der Waals surface area contributed by atoms with E-state index in [9.17, 15) is 18.0 Å². The van der Waals surface area contributed by atoms with Crippen molar-refractivity contribution in [1.82, 2.24) is 29.6 Å². The number of nitrogens with zero attached hydrogens (tertiary/aromatic N) is 5. The summed E-state index contributed by atoms with van der Waals surface area (Å²) in [4.78, 5) is 23.9. The molecule has 0 saturated carbocycles. The van der Waals surface area contributed by atoms with Crippen molar-refractivity contribution in [2.24, 2.45) is 5.73 Å². The lowest BCUT2D eigenvalue weighted by Crippen LogP contribution is -2.50. The van der Waals surface area contributed by atoms with Gasteiger partial charge in [0.1, 0.15) is 6.54 Å². The molecule has 2 saturated heterocycles. The van der Waals surface area contributed by atoms with Crippen molar-refractivity contribution < 1.29 is 18.0 Å². The van der Waals surface area contributed by atoms with Crippen molar-refractivity contribution in [3.63, 3.8) is 0 Å². The van der Waals surface area contributed by atoms with Crippen LogP contribution in [0.25, 0.3) is 10.9 Å². The number of pyridine rings is 1. The SMILES string of the molecule is CN(C)C1CCN(CC(=O)N2CCC(NCc3ccc4c(c3)cc(C#CCNc3ccc(C(C)(C)N)nc3)n4CC(F)(F)F)CC2)CC1. The molecule has 4 heterocycles. The largest absolute Gasteiger partial charge is 0.406 e. The molecule has 5 rings (SSSR count). The van der Waals surface area contributed by atoms with Crippen LogP contribution in [-0.4, -0.2) is 102 Å². The summed E-state index contributed by atoms with van der Waals surface area (Å²) in [6.45, 7) is 7.36. The normalized spacial score (nSPS) is 17.1. The van der Waals surface area contributed by atoms with Gasteiger partial charge in [-0.25, -0.2) is 0 Å². The fourth-order valence-electron chi connectivity index (χ4n) is 6.52. The van der Waals surface area contributed by atoms with E-state index >= 15 is 0 Å². The van der Waals surface area contributed by atoms with Gasteiger partial charge in [-0.2, -0.15) is 13.2 Å². The van der Waals surface area contributed by atoms with Gasteiger partial charge in [0.25, 0.3) is 0 Å². The number of halogens is 3. The number of benzene rings is 1. The molecular weight excluding hydrogens is 617 g/mol. The first-order valence-electron chi connectivity index (χ1n) is 16.8. The minimum Gasteiger partial charge on any atom is -0.373 e. The number of piperidine rings is 2. The number of alkyl halides is 3. The fourth-order valence-corrected chi connectivity index (χ4v) is 6.52. The maximum absolute atomic E-state index is 13.6. The highest BCUT2D eigenvalue weighted by Crippen LogP contribution is 2.27. The van der Waals surface area contributed by atoms with Gasteiger partial charge in [-0.05, 0) is 95.4 Å². The van der Waals surface area contributed by atoms with Gasteiger partial charge in [-0.15, -0.1) is 0 Å². The molecule has 2 aromatic heterocycles. The third-order valence-corrected chi connectivity index (χ3v) is 9.41. The van der Waals surface area contributed by atoms with E-state index in [2.05, 4.69) is 51.4 Å². The first kappa shape index (κ1) is 35.7. The zero-order valence-corrected chi connectivity index (χ0v) is 28.5. The number of hydrogen-bond acceptors (Lipinski definition) is 7. The van der Waals surface area contributed by atoms with Crippen molar-refractivity contribution in [3.8, 4) is 11.8 Å². The number of carbonyl (C=O) groups excluding carboxylic acids is 1. The van der Waals surface area contributed by atoms with Gasteiger partial charge < -0.3 is 30.7 Å². The quantitative estimate of drug-likeness (QED) is 0.277. The third-order valence-electron chi connectivity index (χ3n) is 9.41. The Morgan fingerprint density at radius 1 is 1.04 bits per heavy atom. The van der Waals surface area contributed by atoms with Gasteiger partial charge in [0, 0.05) is 55.7 Å². The van der Waals surface area contributed by atoms with Crippen molar-refractivity contribution in [3.05, 3.63) is 59.5 Å². The van der Waals surface area contributed by atoms with Crippen LogP contribution in [0.2, 0.25) is 0 Å². The van der Waals surface area contributed by atoms with Crippen LogP contribution in [0.15, 0.2) is 42.6 Å². The summed E-state index contributed by atoms with van der Waals surface area (Å²) >= 11 is 0. The predicted octanol–water partition coefficient (Wildman–Crippen LogP) is 4.36. The highest BCUT2D eigenvalue weighted by atomic mass is 19.4. The maximum atomic E-state index is 13.6.